The van der Waals surface area contributed by atoms with E-state index in [2.05, 4.69) is 10.2 Å². The van der Waals surface area contributed by atoms with Crippen LogP contribution in [-0.4, -0.2) is 43.8 Å². The van der Waals surface area contributed by atoms with E-state index in [1.54, 1.807) is 6.07 Å². The normalized spacial score (nSPS) is 29.0. The average Bonchev–Trinajstić information content (AvgIpc) is 2.41. The second-order valence-electron chi connectivity index (χ2n) is 4.83. The summed E-state index contributed by atoms with van der Waals surface area (Å²) in [6.07, 6.45) is 0. The van der Waals surface area contributed by atoms with Crippen molar-refractivity contribution in [3.8, 4) is 0 Å². The van der Waals surface area contributed by atoms with Gasteiger partial charge in [0.2, 0.25) is 0 Å². The number of morpholine rings is 1. The standard InChI is InChI=1S/C13H16ClFN2O/c14-13-10(2-1-3-11(13)15)12-7-17-4-5-18-8-9(17)6-16-12/h1-3,9,12,16H,4-8H2. The molecule has 0 radical (unpaired) electrons. The number of rotatable bonds is 1. The van der Waals surface area contributed by atoms with Gasteiger partial charge in [0.1, 0.15) is 5.82 Å². The zero-order valence-corrected chi connectivity index (χ0v) is 10.8. The molecular weight excluding hydrogens is 255 g/mol. The van der Waals surface area contributed by atoms with E-state index in [0.717, 1.165) is 38.4 Å². The number of hydrogen-bond donors (Lipinski definition) is 1. The molecule has 2 atom stereocenters. The molecule has 2 saturated heterocycles. The first-order valence-electron chi connectivity index (χ1n) is 6.25. The largest absolute Gasteiger partial charge is 0.378 e. The van der Waals surface area contributed by atoms with Crippen LogP contribution in [0, 0.1) is 5.82 Å². The number of piperazine rings is 1. The van der Waals surface area contributed by atoms with Gasteiger partial charge in [-0.25, -0.2) is 4.39 Å². The van der Waals surface area contributed by atoms with Gasteiger partial charge in [0.05, 0.1) is 18.2 Å². The quantitative estimate of drug-likeness (QED) is 0.843. The third kappa shape index (κ3) is 2.26. The minimum atomic E-state index is -0.347. The minimum Gasteiger partial charge on any atom is -0.378 e. The number of ether oxygens (including phenoxy) is 1. The van der Waals surface area contributed by atoms with E-state index in [4.69, 9.17) is 16.3 Å². The Morgan fingerprint density at radius 2 is 2.33 bits per heavy atom. The van der Waals surface area contributed by atoms with Gasteiger partial charge >= 0.3 is 0 Å². The Labute approximate surface area is 111 Å². The zero-order valence-electron chi connectivity index (χ0n) is 10.0. The minimum absolute atomic E-state index is 0.0996. The van der Waals surface area contributed by atoms with Crippen LogP contribution in [0.5, 0.6) is 0 Å². The van der Waals surface area contributed by atoms with Gasteiger partial charge < -0.3 is 10.1 Å². The van der Waals surface area contributed by atoms with E-state index in [1.807, 2.05) is 6.07 Å². The van der Waals surface area contributed by atoms with Crippen LogP contribution < -0.4 is 5.32 Å². The summed E-state index contributed by atoms with van der Waals surface area (Å²) < 4.78 is 18.9. The van der Waals surface area contributed by atoms with Crippen LogP contribution in [0.25, 0.3) is 0 Å². The predicted octanol–water partition coefficient (Wildman–Crippen LogP) is 1.82. The molecule has 3 nitrogen and oxygen atoms in total. The highest BCUT2D eigenvalue weighted by Crippen LogP contribution is 2.28. The van der Waals surface area contributed by atoms with Crippen LogP contribution in [-0.2, 0) is 4.74 Å². The molecular formula is C13H16ClFN2O. The monoisotopic (exact) mass is 270 g/mol. The lowest BCUT2D eigenvalue weighted by molar-refractivity contribution is -0.0263. The molecule has 1 N–H and O–H groups in total. The fraction of sp³-hybridized carbons (Fsp3) is 0.538. The van der Waals surface area contributed by atoms with E-state index >= 15 is 0 Å². The molecule has 2 aliphatic heterocycles. The maximum atomic E-state index is 13.5. The molecule has 2 unspecified atom stereocenters. The van der Waals surface area contributed by atoms with Crippen molar-refractivity contribution in [1.29, 1.82) is 0 Å². The van der Waals surface area contributed by atoms with Crippen LogP contribution in [0.4, 0.5) is 4.39 Å². The molecule has 0 saturated carbocycles. The molecule has 0 amide bonds. The zero-order chi connectivity index (χ0) is 12.5. The number of fused-ring (bicyclic) bond motifs is 1. The Morgan fingerprint density at radius 1 is 1.44 bits per heavy atom. The van der Waals surface area contributed by atoms with Crippen molar-refractivity contribution in [3.63, 3.8) is 0 Å². The van der Waals surface area contributed by atoms with E-state index < -0.39 is 0 Å². The fourth-order valence-electron chi connectivity index (χ4n) is 2.69. The van der Waals surface area contributed by atoms with Crippen LogP contribution >= 0.6 is 11.6 Å². The lowest BCUT2D eigenvalue weighted by Gasteiger charge is -2.43. The van der Waals surface area contributed by atoms with Crippen molar-refractivity contribution in [2.24, 2.45) is 0 Å². The van der Waals surface area contributed by atoms with Gasteiger partial charge in [-0.05, 0) is 11.6 Å². The highest BCUT2D eigenvalue weighted by atomic mass is 35.5. The molecule has 0 spiro atoms. The highest BCUT2D eigenvalue weighted by Gasteiger charge is 2.31. The number of nitrogens with zero attached hydrogens (tertiary/aromatic N) is 1. The molecule has 2 heterocycles. The predicted molar refractivity (Wildman–Crippen MR) is 68.3 cm³/mol. The van der Waals surface area contributed by atoms with E-state index in [-0.39, 0.29) is 16.9 Å². The van der Waals surface area contributed by atoms with Gasteiger partial charge in [-0.3, -0.25) is 4.90 Å². The highest BCUT2D eigenvalue weighted by molar-refractivity contribution is 6.31. The van der Waals surface area contributed by atoms with Crippen LogP contribution in [0.1, 0.15) is 11.6 Å². The van der Waals surface area contributed by atoms with Gasteiger partial charge in [-0.2, -0.15) is 0 Å². The van der Waals surface area contributed by atoms with Gasteiger partial charge in [0.25, 0.3) is 0 Å². The molecule has 2 aliphatic rings. The molecule has 1 aromatic rings. The third-order valence-corrected chi connectivity index (χ3v) is 4.12. The SMILES string of the molecule is Fc1cccc(C2CN3CCOCC3CN2)c1Cl. The Hall–Kier alpha value is -0.680. The summed E-state index contributed by atoms with van der Waals surface area (Å²) in [4.78, 5) is 2.39. The molecule has 98 valence electrons. The first-order chi connectivity index (χ1) is 8.75. The molecule has 18 heavy (non-hydrogen) atoms. The summed E-state index contributed by atoms with van der Waals surface area (Å²) in [5.41, 5.74) is 0.849. The lowest BCUT2D eigenvalue weighted by Crippen LogP contribution is -2.57. The molecule has 0 aromatic heterocycles. The summed E-state index contributed by atoms with van der Waals surface area (Å²) in [6.45, 7) is 4.21. The maximum Gasteiger partial charge on any atom is 0.142 e. The van der Waals surface area contributed by atoms with Crippen molar-refractivity contribution in [2.75, 3.05) is 32.8 Å². The molecule has 5 heteroatoms. The van der Waals surface area contributed by atoms with Gasteiger partial charge in [-0.15, -0.1) is 0 Å². The molecule has 2 fully saturated rings. The average molecular weight is 271 g/mol. The second kappa shape index (κ2) is 5.13. The van der Waals surface area contributed by atoms with E-state index in [1.165, 1.54) is 6.07 Å². The second-order valence-corrected chi connectivity index (χ2v) is 5.21. The number of nitrogens with one attached hydrogen (secondary N) is 1. The summed E-state index contributed by atoms with van der Waals surface area (Å²) in [6, 6.07) is 5.53. The van der Waals surface area contributed by atoms with Crippen LogP contribution in [0.15, 0.2) is 18.2 Å². The van der Waals surface area contributed by atoms with Crippen molar-refractivity contribution in [3.05, 3.63) is 34.6 Å². The van der Waals surface area contributed by atoms with Gasteiger partial charge in [0.15, 0.2) is 0 Å². The molecule has 3 rings (SSSR count). The lowest BCUT2D eigenvalue weighted by atomic mass is 10.0. The Kier molecular flexibility index (Phi) is 3.52. The fourth-order valence-corrected chi connectivity index (χ4v) is 2.95. The first kappa shape index (κ1) is 12.4. The van der Waals surface area contributed by atoms with E-state index in [9.17, 15) is 4.39 Å². The summed E-state index contributed by atoms with van der Waals surface area (Å²) in [5.74, 6) is -0.347. The number of halogens is 2. The topological polar surface area (TPSA) is 24.5 Å². The summed E-state index contributed by atoms with van der Waals surface area (Å²) in [5, 5.41) is 3.67. The molecule has 1 aromatic carbocycles. The van der Waals surface area contributed by atoms with Crippen molar-refractivity contribution < 1.29 is 9.13 Å². The van der Waals surface area contributed by atoms with Crippen molar-refractivity contribution in [2.45, 2.75) is 12.1 Å². The Balaban J connectivity index is 1.79. The van der Waals surface area contributed by atoms with E-state index in [0.29, 0.717) is 6.04 Å². The van der Waals surface area contributed by atoms with Crippen LogP contribution in [0.2, 0.25) is 5.02 Å². The van der Waals surface area contributed by atoms with Crippen molar-refractivity contribution in [1.82, 2.24) is 10.2 Å². The molecule has 0 aliphatic carbocycles. The maximum absolute atomic E-state index is 13.5. The number of benzene rings is 1. The summed E-state index contributed by atoms with van der Waals surface area (Å²) in [7, 11) is 0. The van der Waals surface area contributed by atoms with Gasteiger partial charge in [0, 0.05) is 31.7 Å². The van der Waals surface area contributed by atoms with Crippen molar-refractivity contribution >= 4 is 11.6 Å². The van der Waals surface area contributed by atoms with Gasteiger partial charge in [-0.1, -0.05) is 23.7 Å². The Bertz CT molecular complexity index is 443. The summed E-state index contributed by atoms with van der Waals surface area (Å²) >= 11 is 6.04. The number of hydrogen-bond acceptors (Lipinski definition) is 3. The third-order valence-electron chi connectivity index (χ3n) is 3.72. The molecule has 0 bridgehead atoms. The van der Waals surface area contributed by atoms with Crippen LogP contribution in [0.3, 0.4) is 0 Å². The first-order valence-corrected chi connectivity index (χ1v) is 6.62. The smallest absolute Gasteiger partial charge is 0.142 e. The Morgan fingerprint density at radius 3 is 3.22 bits per heavy atom.